The lowest BCUT2D eigenvalue weighted by atomic mass is 10.1. The van der Waals surface area contributed by atoms with Crippen LogP contribution in [0.2, 0.25) is 0 Å². The molecule has 0 aliphatic carbocycles. The van der Waals surface area contributed by atoms with Crippen molar-refractivity contribution in [2.45, 2.75) is 12.9 Å². The molecule has 6 nitrogen and oxygen atoms in total. The molecule has 0 fully saturated rings. The van der Waals surface area contributed by atoms with E-state index in [1.807, 2.05) is 0 Å². The van der Waals surface area contributed by atoms with Crippen molar-refractivity contribution in [3.63, 3.8) is 0 Å². The number of fused-ring (bicyclic) bond motifs is 1. The maximum absolute atomic E-state index is 12.3. The number of aromatic nitrogens is 2. The third-order valence-corrected chi connectivity index (χ3v) is 3.83. The van der Waals surface area contributed by atoms with Gasteiger partial charge in [-0.2, -0.15) is 10.4 Å². The number of rotatable bonds is 5. The number of alkyl halides is 3. The number of carbonyl (C=O) groups is 1. The Balaban J connectivity index is 2.05. The molecule has 0 saturated carbocycles. The molecule has 0 unspecified atom stereocenters. The largest absolute Gasteiger partial charge is 0.573 e. The second-order valence-corrected chi connectivity index (χ2v) is 5.63. The van der Waals surface area contributed by atoms with Crippen LogP contribution in [-0.2, 0) is 11.3 Å². The van der Waals surface area contributed by atoms with E-state index in [1.165, 1.54) is 28.9 Å². The Kier molecular flexibility index (Phi) is 5.04. The molecule has 1 N–H and O–H groups in total. The minimum absolute atomic E-state index is 0.0579. The van der Waals surface area contributed by atoms with Gasteiger partial charge in [0.05, 0.1) is 35.1 Å². The first-order chi connectivity index (χ1) is 13.3. The molecule has 0 spiro atoms. The summed E-state index contributed by atoms with van der Waals surface area (Å²) in [5.41, 5.74) is 1.85. The number of carbonyl (C=O) groups excluding carboxylic acids is 1. The highest BCUT2D eigenvalue weighted by molar-refractivity contribution is 5.90. The second-order valence-electron chi connectivity index (χ2n) is 5.63. The van der Waals surface area contributed by atoms with Gasteiger partial charge in [-0.05, 0) is 42.5 Å². The average Bonchev–Trinajstić information content (AvgIpc) is 3.04. The average molecular weight is 386 g/mol. The molecule has 1 heterocycles. The maximum Gasteiger partial charge on any atom is 0.573 e. The van der Waals surface area contributed by atoms with Gasteiger partial charge in [-0.1, -0.05) is 12.6 Å². The highest BCUT2D eigenvalue weighted by atomic mass is 19.4. The van der Waals surface area contributed by atoms with Gasteiger partial charge in [-0.25, -0.2) is 4.68 Å². The van der Waals surface area contributed by atoms with Crippen LogP contribution in [0.1, 0.15) is 11.3 Å². The molecule has 0 atom stereocenters. The quantitative estimate of drug-likeness (QED) is 0.680. The van der Waals surface area contributed by atoms with Crippen LogP contribution in [0.5, 0.6) is 5.75 Å². The fourth-order valence-electron chi connectivity index (χ4n) is 2.69. The molecule has 2 aromatic carbocycles. The highest BCUT2D eigenvalue weighted by Crippen LogP contribution is 2.28. The van der Waals surface area contributed by atoms with Crippen molar-refractivity contribution in [2.75, 3.05) is 0 Å². The molecule has 0 radical (unpaired) electrons. The Hall–Kier alpha value is -3.80. The van der Waals surface area contributed by atoms with Gasteiger partial charge in [0.25, 0.3) is 0 Å². The standard InChI is InChI=1S/C19H13F3N4O2/c1-2-17(27)24-11-15-18-12(10-23)4-3-5-16(18)26(25-15)13-6-8-14(9-7-13)28-19(20,21)22/h2-9H,1,11H2,(H,24,27). The van der Waals surface area contributed by atoms with Crippen LogP contribution in [-0.4, -0.2) is 22.1 Å². The number of ether oxygens (including phenoxy) is 1. The van der Waals surface area contributed by atoms with E-state index in [4.69, 9.17) is 0 Å². The SMILES string of the molecule is C=CC(=O)NCc1nn(-c2ccc(OC(F)(F)F)cc2)c2cccc(C#N)c12. The highest BCUT2D eigenvalue weighted by Gasteiger charge is 2.31. The molecule has 3 aromatic rings. The first-order valence-corrected chi connectivity index (χ1v) is 7.99. The van der Waals surface area contributed by atoms with Crippen LogP contribution in [0.4, 0.5) is 13.2 Å². The molecule has 142 valence electrons. The van der Waals surface area contributed by atoms with E-state index in [0.29, 0.717) is 27.8 Å². The molecule has 0 aliphatic heterocycles. The number of halogens is 3. The smallest absolute Gasteiger partial charge is 0.406 e. The van der Waals surface area contributed by atoms with E-state index < -0.39 is 12.3 Å². The van der Waals surface area contributed by atoms with E-state index in [9.17, 15) is 23.2 Å². The summed E-state index contributed by atoms with van der Waals surface area (Å²) in [5.74, 6) is -0.755. The summed E-state index contributed by atoms with van der Waals surface area (Å²) in [5, 5.41) is 17.0. The Morgan fingerprint density at radius 2 is 2.00 bits per heavy atom. The van der Waals surface area contributed by atoms with Gasteiger partial charge in [-0.3, -0.25) is 4.79 Å². The number of hydrogen-bond donors (Lipinski definition) is 1. The predicted octanol–water partition coefficient (Wildman–Crippen LogP) is 3.60. The van der Waals surface area contributed by atoms with E-state index in [1.54, 1.807) is 18.2 Å². The van der Waals surface area contributed by atoms with Crippen molar-refractivity contribution in [1.29, 1.82) is 5.26 Å². The Labute approximate surface area is 157 Å². The summed E-state index contributed by atoms with van der Waals surface area (Å²) in [6.07, 6.45) is -3.66. The second kappa shape index (κ2) is 7.44. The van der Waals surface area contributed by atoms with Gasteiger partial charge in [0.2, 0.25) is 5.91 Å². The number of benzene rings is 2. The molecule has 1 amide bonds. The van der Waals surface area contributed by atoms with Crippen LogP contribution < -0.4 is 10.1 Å². The molecule has 0 aliphatic rings. The van der Waals surface area contributed by atoms with Crippen LogP contribution in [0.15, 0.2) is 55.1 Å². The fraction of sp³-hybridized carbons (Fsp3) is 0.105. The lowest BCUT2D eigenvalue weighted by Gasteiger charge is -2.09. The predicted molar refractivity (Wildman–Crippen MR) is 94.5 cm³/mol. The Bertz CT molecular complexity index is 1080. The van der Waals surface area contributed by atoms with E-state index in [0.717, 1.165) is 6.08 Å². The van der Waals surface area contributed by atoms with E-state index >= 15 is 0 Å². The number of amides is 1. The van der Waals surface area contributed by atoms with Gasteiger partial charge in [0.15, 0.2) is 0 Å². The first-order valence-electron chi connectivity index (χ1n) is 7.99. The van der Waals surface area contributed by atoms with Crippen molar-refractivity contribution in [1.82, 2.24) is 15.1 Å². The first kappa shape index (κ1) is 19.0. The monoisotopic (exact) mass is 386 g/mol. The van der Waals surface area contributed by atoms with Gasteiger partial charge in [0.1, 0.15) is 5.75 Å². The lowest BCUT2D eigenvalue weighted by molar-refractivity contribution is -0.274. The van der Waals surface area contributed by atoms with Crippen molar-refractivity contribution < 1.29 is 22.7 Å². The summed E-state index contributed by atoms with van der Waals surface area (Å²) in [7, 11) is 0. The zero-order valence-corrected chi connectivity index (χ0v) is 14.3. The molecule has 3 rings (SSSR count). The van der Waals surface area contributed by atoms with Crippen molar-refractivity contribution in [2.24, 2.45) is 0 Å². The molecule has 28 heavy (non-hydrogen) atoms. The molecule has 9 heteroatoms. The maximum atomic E-state index is 12.3. The van der Waals surface area contributed by atoms with Crippen molar-refractivity contribution in [3.8, 4) is 17.5 Å². The Morgan fingerprint density at radius 3 is 2.61 bits per heavy atom. The van der Waals surface area contributed by atoms with Crippen LogP contribution in [0, 0.1) is 11.3 Å². The van der Waals surface area contributed by atoms with Gasteiger partial charge in [0, 0.05) is 5.39 Å². The normalized spacial score (nSPS) is 11.1. The number of nitriles is 1. The summed E-state index contributed by atoms with van der Waals surface area (Å²) < 4.78 is 42.3. The topological polar surface area (TPSA) is 79.9 Å². The fourth-order valence-corrected chi connectivity index (χ4v) is 2.69. The summed E-state index contributed by atoms with van der Waals surface area (Å²) in [6, 6.07) is 12.3. The van der Waals surface area contributed by atoms with Gasteiger partial charge >= 0.3 is 6.36 Å². The molecular formula is C19H13F3N4O2. The molecular weight excluding hydrogens is 373 g/mol. The van der Waals surface area contributed by atoms with Crippen LogP contribution in [0.3, 0.4) is 0 Å². The minimum atomic E-state index is -4.78. The summed E-state index contributed by atoms with van der Waals surface area (Å²) in [6.45, 7) is 3.43. The third kappa shape index (κ3) is 3.96. The molecule has 0 saturated heterocycles. The van der Waals surface area contributed by atoms with Crippen LogP contribution in [0.25, 0.3) is 16.6 Å². The van der Waals surface area contributed by atoms with Gasteiger partial charge < -0.3 is 10.1 Å². The van der Waals surface area contributed by atoms with Crippen LogP contribution >= 0.6 is 0 Å². The zero-order chi connectivity index (χ0) is 20.3. The lowest BCUT2D eigenvalue weighted by Crippen LogP contribution is -2.20. The van der Waals surface area contributed by atoms with Crippen molar-refractivity contribution in [3.05, 3.63) is 66.4 Å². The summed E-state index contributed by atoms with van der Waals surface area (Å²) in [4.78, 5) is 11.5. The zero-order valence-electron chi connectivity index (χ0n) is 14.3. The Morgan fingerprint density at radius 1 is 1.29 bits per heavy atom. The molecule has 0 bridgehead atoms. The summed E-state index contributed by atoms with van der Waals surface area (Å²) >= 11 is 0. The number of nitrogens with zero attached hydrogens (tertiary/aromatic N) is 3. The number of nitrogens with one attached hydrogen (secondary N) is 1. The van der Waals surface area contributed by atoms with E-state index in [-0.39, 0.29) is 12.3 Å². The number of hydrogen-bond acceptors (Lipinski definition) is 4. The van der Waals surface area contributed by atoms with E-state index in [2.05, 4.69) is 27.8 Å². The molecule has 1 aromatic heterocycles. The van der Waals surface area contributed by atoms with Gasteiger partial charge in [-0.15, -0.1) is 13.2 Å². The minimum Gasteiger partial charge on any atom is -0.406 e. The van der Waals surface area contributed by atoms with Crippen molar-refractivity contribution >= 4 is 16.8 Å². The third-order valence-electron chi connectivity index (χ3n) is 3.83.